The number of fused-ring (bicyclic) bond motifs is 2. The first-order chi connectivity index (χ1) is 18.2. The van der Waals surface area contributed by atoms with E-state index in [4.69, 9.17) is 14.2 Å². The van der Waals surface area contributed by atoms with Gasteiger partial charge in [-0.3, -0.25) is 4.98 Å². The Balaban J connectivity index is 1.34. The quantitative estimate of drug-likeness (QED) is 0.186. The third kappa shape index (κ3) is 5.35. The zero-order valence-electron chi connectivity index (χ0n) is 20.4. The van der Waals surface area contributed by atoms with E-state index in [1.807, 2.05) is 0 Å². The van der Waals surface area contributed by atoms with Crippen molar-refractivity contribution in [2.24, 2.45) is 0 Å². The van der Waals surface area contributed by atoms with Crippen molar-refractivity contribution in [1.29, 1.82) is 0 Å². The molecule has 3 aromatic carbocycles. The normalized spacial score (nSPS) is 11.7. The van der Waals surface area contributed by atoms with Gasteiger partial charge in [-0.15, -0.1) is 11.3 Å². The Morgan fingerprint density at radius 3 is 2.39 bits per heavy atom. The van der Waals surface area contributed by atoms with Crippen molar-refractivity contribution in [1.82, 2.24) is 9.97 Å². The van der Waals surface area contributed by atoms with E-state index < -0.39 is 17.6 Å². The predicted octanol–water partition coefficient (Wildman–Crippen LogP) is 7.99. The van der Waals surface area contributed by atoms with Crippen molar-refractivity contribution in [2.75, 3.05) is 14.2 Å². The number of pyridine rings is 1. The van der Waals surface area contributed by atoms with Gasteiger partial charge in [-0.2, -0.15) is 13.2 Å². The average molecular weight is 543 g/mol. The molecule has 2 heterocycles. The average Bonchev–Trinajstić information content (AvgIpc) is 3.29. The fourth-order valence-corrected chi connectivity index (χ4v) is 5.18. The van der Waals surface area contributed by atoms with Gasteiger partial charge >= 0.3 is 6.18 Å². The number of rotatable bonds is 8. The molecule has 38 heavy (non-hydrogen) atoms. The Morgan fingerprint density at radius 1 is 0.842 bits per heavy atom. The van der Waals surface area contributed by atoms with Gasteiger partial charge in [0.25, 0.3) is 0 Å². The Kier molecular flexibility index (Phi) is 7.07. The molecule has 0 atom stereocenters. The lowest BCUT2D eigenvalue weighted by Gasteiger charge is -2.12. The van der Waals surface area contributed by atoms with Crippen molar-refractivity contribution < 1.29 is 31.8 Å². The molecular formula is C28H22F4N2O3S. The molecule has 0 aliphatic carbocycles. The molecule has 0 saturated heterocycles. The van der Waals surface area contributed by atoms with Crippen LogP contribution in [0, 0.1) is 5.82 Å². The number of hydrogen-bond acceptors (Lipinski definition) is 6. The Bertz CT molecular complexity index is 1620. The fourth-order valence-electron chi connectivity index (χ4n) is 4.16. The third-order valence-corrected chi connectivity index (χ3v) is 7.10. The number of halogens is 4. The third-order valence-electron chi connectivity index (χ3n) is 6.02. The summed E-state index contributed by atoms with van der Waals surface area (Å²) in [6.45, 7) is 0. The minimum Gasteiger partial charge on any atom is -0.493 e. The molecule has 0 N–H and O–H groups in total. The van der Waals surface area contributed by atoms with Gasteiger partial charge in [-0.25, -0.2) is 9.37 Å². The molecule has 0 aliphatic rings. The van der Waals surface area contributed by atoms with E-state index in [2.05, 4.69) is 9.97 Å². The van der Waals surface area contributed by atoms with Crippen LogP contribution in [-0.4, -0.2) is 24.2 Å². The first-order valence-electron chi connectivity index (χ1n) is 11.7. The summed E-state index contributed by atoms with van der Waals surface area (Å²) in [5, 5.41) is 1.40. The molecule has 0 fully saturated rings. The van der Waals surface area contributed by atoms with Crippen LogP contribution < -0.4 is 14.2 Å². The van der Waals surface area contributed by atoms with Gasteiger partial charge in [0.05, 0.1) is 40.5 Å². The molecule has 5 nitrogen and oxygen atoms in total. The molecule has 0 radical (unpaired) electrons. The monoisotopic (exact) mass is 542 g/mol. The SMILES string of the molecule is COc1cc2nccc(Oc3cc4sc(CCCc5cccc(C(F)(F)F)c5)nc4cc3F)c2cc1OC. The van der Waals surface area contributed by atoms with Gasteiger partial charge in [-0.1, -0.05) is 18.2 Å². The number of alkyl halides is 3. The summed E-state index contributed by atoms with van der Waals surface area (Å²) in [6, 6.07) is 13.3. The number of hydrogen-bond donors (Lipinski definition) is 0. The van der Waals surface area contributed by atoms with E-state index in [1.54, 1.807) is 36.5 Å². The van der Waals surface area contributed by atoms with Crippen LogP contribution in [0.25, 0.3) is 21.1 Å². The van der Waals surface area contributed by atoms with E-state index in [-0.39, 0.29) is 5.75 Å². The van der Waals surface area contributed by atoms with Crippen LogP contribution >= 0.6 is 11.3 Å². The van der Waals surface area contributed by atoms with Crippen molar-refractivity contribution >= 4 is 32.5 Å². The molecule has 196 valence electrons. The summed E-state index contributed by atoms with van der Waals surface area (Å²) in [7, 11) is 3.05. The van der Waals surface area contributed by atoms with Gasteiger partial charge in [-0.05, 0) is 43.0 Å². The second-order valence-electron chi connectivity index (χ2n) is 8.55. The highest BCUT2D eigenvalue weighted by molar-refractivity contribution is 7.18. The molecule has 0 spiro atoms. The molecule has 0 amide bonds. The molecule has 5 aromatic rings. The lowest BCUT2D eigenvalue weighted by molar-refractivity contribution is -0.137. The van der Waals surface area contributed by atoms with Crippen LogP contribution in [0.5, 0.6) is 23.0 Å². The Labute approximate surface area is 219 Å². The summed E-state index contributed by atoms with van der Waals surface area (Å²) in [6.07, 6.45) is -1.15. The molecule has 0 saturated carbocycles. The molecule has 0 unspecified atom stereocenters. The highest BCUT2D eigenvalue weighted by atomic mass is 32.1. The minimum atomic E-state index is -4.37. The predicted molar refractivity (Wildman–Crippen MR) is 138 cm³/mol. The van der Waals surface area contributed by atoms with Gasteiger partial charge in [0, 0.05) is 29.8 Å². The summed E-state index contributed by atoms with van der Waals surface area (Å²) >= 11 is 1.40. The number of methoxy groups -OCH3 is 2. The van der Waals surface area contributed by atoms with E-state index in [0.29, 0.717) is 58.5 Å². The van der Waals surface area contributed by atoms with Crippen LogP contribution in [0.2, 0.25) is 0 Å². The van der Waals surface area contributed by atoms with Crippen LogP contribution in [0.3, 0.4) is 0 Å². The highest BCUT2D eigenvalue weighted by Crippen LogP contribution is 2.38. The van der Waals surface area contributed by atoms with Gasteiger partial charge < -0.3 is 14.2 Å². The number of benzene rings is 3. The van der Waals surface area contributed by atoms with Gasteiger partial charge in [0.15, 0.2) is 23.1 Å². The standard InChI is InChI=1S/C28H22F4N2O3S/c1-35-24-12-18-20(14-25(24)36-2)33-10-9-22(18)37-23-15-26-21(13-19(23)29)34-27(38-26)8-4-6-16-5-3-7-17(11-16)28(30,31)32/h3,5,7,9-15H,4,6,8H2,1-2H3. The summed E-state index contributed by atoms with van der Waals surface area (Å²) in [5.41, 5.74) is 1.06. The Morgan fingerprint density at radius 2 is 1.63 bits per heavy atom. The first-order valence-corrected chi connectivity index (χ1v) is 12.5. The minimum absolute atomic E-state index is 0.0407. The molecule has 2 aromatic heterocycles. The van der Waals surface area contributed by atoms with Crippen LogP contribution in [0.1, 0.15) is 22.6 Å². The van der Waals surface area contributed by atoms with Crippen molar-refractivity contribution in [3.63, 3.8) is 0 Å². The van der Waals surface area contributed by atoms with Crippen molar-refractivity contribution in [2.45, 2.75) is 25.4 Å². The fraction of sp³-hybridized carbons (Fsp3) is 0.214. The maximum absolute atomic E-state index is 15.0. The number of aryl methyl sites for hydroxylation is 2. The van der Waals surface area contributed by atoms with Crippen molar-refractivity contribution in [3.05, 3.63) is 82.7 Å². The number of ether oxygens (including phenoxy) is 3. The maximum atomic E-state index is 15.0. The van der Waals surface area contributed by atoms with Crippen LogP contribution in [0.15, 0.2) is 60.8 Å². The lowest BCUT2D eigenvalue weighted by Crippen LogP contribution is -2.05. The van der Waals surface area contributed by atoms with Gasteiger partial charge in [0.1, 0.15) is 5.75 Å². The van der Waals surface area contributed by atoms with E-state index in [0.717, 1.165) is 15.8 Å². The first kappa shape index (κ1) is 25.7. The number of nitrogens with zero attached hydrogens (tertiary/aromatic N) is 2. The smallest absolute Gasteiger partial charge is 0.416 e. The summed E-state index contributed by atoms with van der Waals surface area (Å²) in [4.78, 5) is 8.84. The molecule has 0 aliphatic heterocycles. The summed E-state index contributed by atoms with van der Waals surface area (Å²) < 4.78 is 71.3. The molecule has 5 rings (SSSR count). The zero-order chi connectivity index (χ0) is 26.9. The topological polar surface area (TPSA) is 53.5 Å². The molecular weight excluding hydrogens is 520 g/mol. The second-order valence-corrected chi connectivity index (χ2v) is 9.66. The van der Waals surface area contributed by atoms with Crippen LogP contribution in [0.4, 0.5) is 17.6 Å². The maximum Gasteiger partial charge on any atom is 0.416 e. The zero-order valence-corrected chi connectivity index (χ0v) is 21.3. The van der Waals surface area contributed by atoms with Gasteiger partial charge in [0.2, 0.25) is 0 Å². The largest absolute Gasteiger partial charge is 0.493 e. The van der Waals surface area contributed by atoms with Crippen LogP contribution in [-0.2, 0) is 19.0 Å². The summed E-state index contributed by atoms with van der Waals surface area (Å²) in [5.74, 6) is 0.885. The second kappa shape index (κ2) is 10.4. The Hall–Kier alpha value is -3.92. The van der Waals surface area contributed by atoms with E-state index in [1.165, 1.54) is 43.8 Å². The van der Waals surface area contributed by atoms with E-state index in [9.17, 15) is 17.6 Å². The number of aromatic nitrogens is 2. The number of thiazole rings is 1. The lowest BCUT2D eigenvalue weighted by atomic mass is 10.1. The van der Waals surface area contributed by atoms with E-state index >= 15 is 0 Å². The molecule has 10 heteroatoms. The molecule has 0 bridgehead atoms. The van der Waals surface area contributed by atoms with Crippen molar-refractivity contribution in [3.8, 4) is 23.0 Å². The highest BCUT2D eigenvalue weighted by Gasteiger charge is 2.30.